The van der Waals surface area contributed by atoms with Crippen molar-refractivity contribution in [2.75, 3.05) is 25.6 Å². The maximum absolute atomic E-state index is 5.97. The van der Waals surface area contributed by atoms with Crippen LogP contribution in [0.5, 0.6) is 0 Å². The van der Waals surface area contributed by atoms with Gasteiger partial charge in [0.1, 0.15) is 5.82 Å². The van der Waals surface area contributed by atoms with Crippen LogP contribution in [0, 0.1) is 5.92 Å². The lowest BCUT2D eigenvalue weighted by atomic mass is 10.1. The summed E-state index contributed by atoms with van der Waals surface area (Å²) in [6.45, 7) is 2.91. The molecule has 1 aliphatic heterocycles. The molecule has 4 nitrogen and oxygen atoms in total. The minimum absolute atomic E-state index is 0.514. The fourth-order valence-electron chi connectivity index (χ4n) is 2.34. The normalized spacial score (nSPS) is 19.1. The van der Waals surface area contributed by atoms with Crippen LogP contribution in [0.15, 0.2) is 30.3 Å². The van der Waals surface area contributed by atoms with Crippen LogP contribution in [0.4, 0.5) is 5.82 Å². The number of rotatable bonds is 4. The van der Waals surface area contributed by atoms with Gasteiger partial charge in [0.15, 0.2) is 0 Å². The van der Waals surface area contributed by atoms with Crippen molar-refractivity contribution in [3.8, 4) is 0 Å². The van der Waals surface area contributed by atoms with Crippen molar-refractivity contribution in [2.45, 2.75) is 13.0 Å². The number of nitrogens with two attached hydrogens (primary N) is 1. The lowest BCUT2D eigenvalue weighted by molar-refractivity contribution is 0.0794. The summed E-state index contributed by atoms with van der Waals surface area (Å²) < 4.78 is 11.1. The fraction of sp³-hybridized carbons (Fsp3) is 0.400. The van der Waals surface area contributed by atoms with Crippen LogP contribution in [0.1, 0.15) is 12.0 Å². The van der Waals surface area contributed by atoms with Gasteiger partial charge in [-0.25, -0.2) is 4.98 Å². The van der Waals surface area contributed by atoms with Crippen molar-refractivity contribution < 1.29 is 9.47 Å². The third-order valence-electron chi connectivity index (χ3n) is 3.47. The van der Waals surface area contributed by atoms with E-state index in [1.54, 1.807) is 0 Å². The van der Waals surface area contributed by atoms with Crippen LogP contribution in [0.2, 0.25) is 0 Å². The Bertz CT molecular complexity index is 565. The molecule has 1 unspecified atom stereocenters. The molecule has 0 radical (unpaired) electrons. The highest BCUT2D eigenvalue weighted by Gasteiger charge is 2.15. The molecule has 0 aliphatic carbocycles. The molecule has 1 saturated heterocycles. The molecule has 3 rings (SSSR count). The van der Waals surface area contributed by atoms with Crippen LogP contribution < -0.4 is 5.73 Å². The van der Waals surface area contributed by atoms with Crippen molar-refractivity contribution in [1.82, 2.24) is 4.98 Å². The zero-order chi connectivity index (χ0) is 13.1. The Morgan fingerprint density at radius 3 is 3.11 bits per heavy atom. The number of nitrogens with zero attached hydrogens (tertiary/aromatic N) is 1. The van der Waals surface area contributed by atoms with Crippen LogP contribution in [0.3, 0.4) is 0 Å². The topological polar surface area (TPSA) is 57.4 Å². The Morgan fingerprint density at radius 1 is 1.37 bits per heavy atom. The zero-order valence-electron chi connectivity index (χ0n) is 10.8. The molecular formula is C15H18N2O2. The maximum Gasteiger partial charge on any atom is 0.129 e. The number of hydrogen-bond acceptors (Lipinski definition) is 4. The first-order valence-electron chi connectivity index (χ1n) is 6.62. The van der Waals surface area contributed by atoms with E-state index in [2.05, 4.69) is 11.1 Å². The SMILES string of the molecule is Nc1nc2ccccc2cc1COCC1CCOC1. The highest BCUT2D eigenvalue weighted by molar-refractivity contribution is 5.81. The van der Waals surface area contributed by atoms with Gasteiger partial charge in [-0.05, 0) is 18.6 Å². The predicted octanol–water partition coefficient (Wildman–Crippen LogP) is 2.37. The summed E-state index contributed by atoms with van der Waals surface area (Å²) in [6, 6.07) is 10.0. The summed E-state index contributed by atoms with van der Waals surface area (Å²) in [5, 5.41) is 1.10. The minimum atomic E-state index is 0.514. The summed E-state index contributed by atoms with van der Waals surface area (Å²) in [6.07, 6.45) is 1.09. The van der Waals surface area contributed by atoms with Crippen LogP contribution >= 0.6 is 0 Å². The molecule has 0 saturated carbocycles. The standard InChI is InChI=1S/C15H18N2O2/c16-15-13(10-19-9-11-5-6-18-8-11)7-12-3-1-2-4-14(12)17-15/h1-4,7,11H,5-6,8-10H2,(H2,16,17). The second-order valence-electron chi connectivity index (χ2n) is 4.97. The molecule has 2 heterocycles. The van der Waals surface area contributed by atoms with E-state index >= 15 is 0 Å². The molecule has 19 heavy (non-hydrogen) atoms. The predicted molar refractivity (Wildman–Crippen MR) is 74.7 cm³/mol. The van der Waals surface area contributed by atoms with E-state index in [1.165, 1.54) is 0 Å². The van der Waals surface area contributed by atoms with Gasteiger partial charge in [-0.15, -0.1) is 0 Å². The van der Waals surface area contributed by atoms with E-state index in [1.807, 2.05) is 24.3 Å². The highest BCUT2D eigenvalue weighted by Crippen LogP contribution is 2.20. The second-order valence-corrected chi connectivity index (χ2v) is 4.97. The first-order chi connectivity index (χ1) is 9.33. The molecule has 1 aromatic heterocycles. The number of nitrogen functional groups attached to an aromatic ring is 1. The average Bonchev–Trinajstić information content (AvgIpc) is 2.92. The molecule has 1 fully saturated rings. The van der Waals surface area contributed by atoms with Gasteiger partial charge in [-0.2, -0.15) is 0 Å². The number of para-hydroxylation sites is 1. The number of aromatic nitrogens is 1. The number of hydrogen-bond donors (Lipinski definition) is 1. The first kappa shape index (κ1) is 12.4. The van der Waals surface area contributed by atoms with E-state index in [0.717, 1.165) is 42.7 Å². The zero-order valence-corrected chi connectivity index (χ0v) is 10.8. The van der Waals surface area contributed by atoms with Crippen molar-refractivity contribution in [2.24, 2.45) is 5.92 Å². The van der Waals surface area contributed by atoms with E-state index in [-0.39, 0.29) is 0 Å². The Morgan fingerprint density at radius 2 is 2.26 bits per heavy atom. The van der Waals surface area contributed by atoms with Gasteiger partial charge < -0.3 is 15.2 Å². The summed E-state index contributed by atoms with van der Waals surface area (Å²) in [4.78, 5) is 4.40. The Balaban J connectivity index is 1.67. The Kier molecular flexibility index (Phi) is 3.62. The number of pyridine rings is 1. The lowest BCUT2D eigenvalue weighted by Gasteiger charge is -2.10. The quantitative estimate of drug-likeness (QED) is 0.914. The summed E-state index contributed by atoms with van der Waals surface area (Å²) in [7, 11) is 0. The minimum Gasteiger partial charge on any atom is -0.383 e. The van der Waals surface area contributed by atoms with Crippen LogP contribution in [-0.4, -0.2) is 24.8 Å². The molecule has 100 valence electrons. The molecule has 1 aliphatic rings. The van der Waals surface area contributed by atoms with Gasteiger partial charge in [-0.3, -0.25) is 0 Å². The molecule has 2 aromatic rings. The summed E-state index contributed by atoms with van der Waals surface area (Å²) >= 11 is 0. The van der Waals surface area contributed by atoms with Crippen molar-refractivity contribution in [3.05, 3.63) is 35.9 Å². The molecule has 0 spiro atoms. The smallest absolute Gasteiger partial charge is 0.129 e. The molecule has 2 N–H and O–H groups in total. The first-order valence-corrected chi connectivity index (χ1v) is 6.62. The van der Waals surface area contributed by atoms with Gasteiger partial charge in [-0.1, -0.05) is 18.2 Å². The summed E-state index contributed by atoms with van der Waals surface area (Å²) in [5.41, 5.74) is 7.85. The molecule has 1 aromatic carbocycles. The number of fused-ring (bicyclic) bond motifs is 1. The van der Waals surface area contributed by atoms with Crippen LogP contribution in [0.25, 0.3) is 10.9 Å². The number of ether oxygens (including phenoxy) is 2. The molecule has 1 atom stereocenters. The van der Waals surface area contributed by atoms with Crippen molar-refractivity contribution in [1.29, 1.82) is 0 Å². The third-order valence-corrected chi connectivity index (χ3v) is 3.47. The highest BCUT2D eigenvalue weighted by atomic mass is 16.5. The number of benzene rings is 1. The molecule has 0 amide bonds. The molecule has 4 heteroatoms. The van der Waals surface area contributed by atoms with E-state index in [0.29, 0.717) is 18.3 Å². The van der Waals surface area contributed by atoms with Crippen molar-refractivity contribution >= 4 is 16.7 Å². The maximum atomic E-state index is 5.97. The van der Waals surface area contributed by atoms with Gasteiger partial charge in [0.05, 0.1) is 25.3 Å². The van der Waals surface area contributed by atoms with Gasteiger partial charge >= 0.3 is 0 Å². The average molecular weight is 258 g/mol. The Hall–Kier alpha value is -1.65. The largest absolute Gasteiger partial charge is 0.383 e. The molecular weight excluding hydrogens is 240 g/mol. The third kappa shape index (κ3) is 2.85. The van der Waals surface area contributed by atoms with Gasteiger partial charge in [0, 0.05) is 23.5 Å². The van der Waals surface area contributed by atoms with E-state index < -0.39 is 0 Å². The Labute approximate surface area is 112 Å². The fourth-order valence-corrected chi connectivity index (χ4v) is 2.34. The van der Waals surface area contributed by atoms with Gasteiger partial charge in [0.25, 0.3) is 0 Å². The lowest BCUT2D eigenvalue weighted by Crippen LogP contribution is -2.10. The monoisotopic (exact) mass is 258 g/mol. The summed E-state index contributed by atoms with van der Waals surface area (Å²) in [5.74, 6) is 1.08. The molecule has 0 bridgehead atoms. The van der Waals surface area contributed by atoms with E-state index in [9.17, 15) is 0 Å². The van der Waals surface area contributed by atoms with E-state index in [4.69, 9.17) is 15.2 Å². The van der Waals surface area contributed by atoms with Crippen LogP contribution in [-0.2, 0) is 16.1 Å². The van der Waals surface area contributed by atoms with Crippen molar-refractivity contribution in [3.63, 3.8) is 0 Å². The second kappa shape index (κ2) is 5.55. The number of anilines is 1. The van der Waals surface area contributed by atoms with Gasteiger partial charge in [0.2, 0.25) is 0 Å².